The molecule has 2 aliphatic rings. The number of aryl methyl sites for hydroxylation is 2. The number of aromatic nitrogens is 2. The lowest BCUT2D eigenvalue weighted by molar-refractivity contribution is -0.138. The summed E-state index contributed by atoms with van der Waals surface area (Å²) in [6, 6.07) is 20.9. The van der Waals surface area contributed by atoms with Crippen LogP contribution in [0, 0.1) is 22.7 Å². The average Bonchev–Trinajstić information content (AvgIpc) is 4.11. The minimum atomic E-state index is -4.55. The highest BCUT2D eigenvalue weighted by atomic mass is 35.5. The standard InChI is InChI=1S/C25H18F3N3OS2.C17H15N3S2.C8H4ClF3O/c26-25(27,28)15-7-4-6-14(12-15)22(32)31-23-17(13-29)21-20(19-10-5-11-33-19)16-8-2-1-3-9-18(16)30-24(21)34-23;18-9-11-15-14(13-7-4-8-21-13)10-5-2-1-3-6-12(10)20-17(15)22-16(11)19;9-7(13)5-2-1-3-6(4-5)8(10,11)12/h4-7,10-12H,1-3,8-9H2,(H,31,32);4,7-8H,1-3,5-6,19H2;1-4H. The molecule has 10 rings (SSSR count). The van der Waals surface area contributed by atoms with E-state index in [2.05, 4.69) is 35.0 Å². The van der Waals surface area contributed by atoms with Crippen molar-refractivity contribution in [3.05, 3.63) is 139 Å². The number of fused-ring (bicyclic) bond motifs is 4. The average molecular weight is 1030 g/mol. The third-order valence-electron chi connectivity index (χ3n) is 11.6. The van der Waals surface area contributed by atoms with Crippen molar-refractivity contribution < 1.29 is 35.9 Å². The van der Waals surface area contributed by atoms with E-state index in [1.807, 2.05) is 17.5 Å². The predicted octanol–water partition coefficient (Wildman–Crippen LogP) is 15.3. The van der Waals surface area contributed by atoms with Gasteiger partial charge in [-0.3, -0.25) is 9.59 Å². The maximum atomic E-state index is 13.1. The summed E-state index contributed by atoms with van der Waals surface area (Å²) in [5, 5.41) is 28.0. The normalized spacial score (nSPS) is 13.6. The number of anilines is 2. The molecule has 0 saturated heterocycles. The molecule has 2 aromatic carbocycles. The Morgan fingerprint density at radius 1 is 0.638 bits per heavy atom. The van der Waals surface area contributed by atoms with E-state index < -0.39 is 34.6 Å². The summed E-state index contributed by atoms with van der Waals surface area (Å²) < 4.78 is 75.5. The number of halogens is 7. The molecule has 19 heteroatoms. The van der Waals surface area contributed by atoms with Gasteiger partial charge in [-0.15, -0.1) is 22.7 Å². The molecule has 2 aliphatic carbocycles. The van der Waals surface area contributed by atoms with Gasteiger partial charge in [-0.1, -0.05) is 65.8 Å². The van der Waals surface area contributed by atoms with E-state index in [0.29, 0.717) is 31.3 Å². The number of pyridine rings is 2. The van der Waals surface area contributed by atoms with E-state index >= 15 is 0 Å². The van der Waals surface area contributed by atoms with Crippen molar-refractivity contribution in [2.24, 2.45) is 0 Å². The summed E-state index contributed by atoms with van der Waals surface area (Å²) in [7, 11) is 0. The second kappa shape index (κ2) is 20.8. The van der Waals surface area contributed by atoms with E-state index in [-0.39, 0.29) is 11.1 Å². The number of nitrogens with two attached hydrogens (primary N) is 1. The number of nitrogens with one attached hydrogen (secondary N) is 1. The quantitative estimate of drug-likeness (QED) is 0.0991. The first-order valence-corrected chi connectivity index (χ1v) is 25.3. The zero-order valence-electron chi connectivity index (χ0n) is 36.1. The summed E-state index contributed by atoms with van der Waals surface area (Å²) in [4.78, 5) is 36.9. The number of nitrogens with zero attached hydrogens (tertiary/aromatic N) is 4. The van der Waals surface area contributed by atoms with Gasteiger partial charge >= 0.3 is 12.4 Å². The Hall–Kier alpha value is -6.15. The van der Waals surface area contributed by atoms with E-state index in [4.69, 9.17) is 27.3 Å². The van der Waals surface area contributed by atoms with Gasteiger partial charge in [0.1, 0.15) is 31.8 Å². The predicted molar refractivity (Wildman–Crippen MR) is 263 cm³/mol. The number of rotatable bonds is 5. The highest BCUT2D eigenvalue weighted by Crippen LogP contribution is 2.46. The molecule has 6 aromatic heterocycles. The minimum Gasteiger partial charge on any atom is -0.389 e. The minimum absolute atomic E-state index is 0.126. The topological polar surface area (TPSA) is 146 Å². The van der Waals surface area contributed by atoms with E-state index in [1.165, 1.54) is 81.8 Å². The van der Waals surface area contributed by atoms with Gasteiger partial charge in [0, 0.05) is 54.2 Å². The Labute approximate surface area is 412 Å². The molecular formula is C50H37ClF6N6O2S4. The fourth-order valence-corrected chi connectivity index (χ4v) is 12.2. The van der Waals surface area contributed by atoms with Crippen LogP contribution in [0.5, 0.6) is 0 Å². The number of nitrogen functional groups attached to an aromatic ring is 1. The van der Waals surface area contributed by atoms with Crippen LogP contribution < -0.4 is 11.1 Å². The van der Waals surface area contributed by atoms with Crippen molar-refractivity contribution >= 4 is 98.5 Å². The van der Waals surface area contributed by atoms with E-state index in [1.54, 1.807) is 22.7 Å². The Morgan fingerprint density at radius 2 is 1.12 bits per heavy atom. The molecule has 3 N–H and O–H groups in total. The van der Waals surface area contributed by atoms with Crippen LogP contribution in [0.2, 0.25) is 0 Å². The van der Waals surface area contributed by atoms with Crippen LogP contribution in [-0.4, -0.2) is 21.1 Å². The third-order valence-corrected chi connectivity index (χ3v) is 15.5. The Balaban J connectivity index is 0.000000156. The molecule has 0 atom stereocenters. The molecule has 0 unspecified atom stereocenters. The lowest BCUT2D eigenvalue weighted by Gasteiger charge is -2.13. The monoisotopic (exact) mass is 1030 g/mol. The molecule has 8 aromatic rings. The third kappa shape index (κ3) is 10.7. The fraction of sp³-hybridized carbons (Fsp3) is 0.240. The lowest BCUT2D eigenvalue weighted by Crippen LogP contribution is -2.13. The van der Waals surface area contributed by atoms with E-state index in [9.17, 15) is 46.5 Å². The second-order valence-electron chi connectivity index (χ2n) is 16.0. The van der Waals surface area contributed by atoms with Crippen LogP contribution in [0.15, 0.2) is 83.6 Å². The van der Waals surface area contributed by atoms with Crippen LogP contribution in [-0.2, 0) is 38.0 Å². The van der Waals surface area contributed by atoms with Crippen molar-refractivity contribution in [3.8, 4) is 33.0 Å². The van der Waals surface area contributed by atoms with Gasteiger partial charge in [-0.2, -0.15) is 36.9 Å². The number of alkyl halides is 6. The molecule has 6 heterocycles. The first kappa shape index (κ1) is 49.3. The van der Waals surface area contributed by atoms with Crippen LogP contribution in [0.4, 0.5) is 36.3 Å². The van der Waals surface area contributed by atoms with Crippen LogP contribution in [0.25, 0.3) is 41.3 Å². The summed E-state index contributed by atoms with van der Waals surface area (Å²) in [6.07, 6.45) is 1.67. The Morgan fingerprint density at radius 3 is 1.59 bits per heavy atom. The molecule has 8 nitrogen and oxygen atoms in total. The SMILES string of the molecule is N#Cc1c(N)sc2nc3c(c(-c4cccs4)c12)CCCCC3.N#Cc1c(NC(=O)c2cccc(C(F)(F)F)c2)sc2nc3c(c(-c4cccs4)c12)CCCCC3.O=C(Cl)c1cccc(C(F)(F)F)c1. The summed E-state index contributed by atoms with van der Waals surface area (Å²) in [5.74, 6) is -0.701. The summed E-state index contributed by atoms with van der Waals surface area (Å²) >= 11 is 11.0. The van der Waals surface area contributed by atoms with Crippen molar-refractivity contribution in [1.82, 2.24) is 9.97 Å². The van der Waals surface area contributed by atoms with Gasteiger partial charge in [0.05, 0.1) is 22.3 Å². The number of hydrogen-bond donors (Lipinski definition) is 2. The molecule has 0 saturated carbocycles. The van der Waals surface area contributed by atoms with Crippen molar-refractivity contribution in [2.45, 2.75) is 76.6 Å². The molecule has 0 aliphatic heterocycles. The molecule has 1 amide bonds. The first-order chi connectivity index (χ1) is 33.1. The number of nitriles is 2. The number of amides is 1. The lowest BCUT2D eigenvalue weighted by atomic mass is 9.96. The van der Waals surface area contributed by atoms with Gasteiger partial charge in [-0.05, 0) is 127 Å². The van der Waals surface area contributed by atoms with Gasteiger partial charge < -0.3 is 11.1 Å². The molecule has 0 spiro atoms. The maximum absolute atomic E-state index is 13.1. The van der Waals surface area contributed by atoms with Gasteiger partial charge in [0.15, 0.2) is 0 Å². The van der Waals surface area contributed by atoms with Crippen molar-refractivity contribution in [2.75, 3.05) is 11.1 Å². The number of thiophene rings is 4. The van der Waals surface area contributed by atoms with Crippen LogP contribution in [0.3, 0.4) is 0 Å². The van der Waals surface area contributed by atoms with Gasteiger partial charge in [-0.25, -0.2) is 9.97 Å². The van der Waals surface area contributed by atoms with Crippen LogP contribution >= 0.6 is 56.9 Å². The molecule has 352 valence electrons. The fourth-order valence-electron chi connectivity index (χ4n) is 8.46. The highest BCUT2D eigenvalue weighted by Gasteiger charge is 2.32. The summed E-state index contributed by atoms with van der Waals surface area (Å²) in [6.45, 7) is 0. The van der Waals surface area contributed by atoms with Crippen molar-refractivity contribution in [1.29, 1.82) is 10.5 Å². The number of hydrogen-bond acceptors (Lipinski definition) is 11. The van der Waals surface area contributed by atoms with Crippen molar-refractivity contribution in [3.63, 3.8) is 0 Å². The number of benzene rings is 2. The largest absolute Gasteiger partial charge is 0.416 e. The molecule has 69 heavy (non-hydrogen) atoms. The first-order valence-electron chi connectivity index (χ1n) is 21.5. The maximum Gasteiger partial charge on any atom is 0.416 e. The van der Waals surface area contributed by atoms with Gasteiger partial charge in [0.2, 0.25) is 0 Å². The zero-order valence-corrected chi connectivity index (χ0v) is 40.1. The summed E-state index contributed by atoms with van der Waals surface area (Å²) in [5.41, 5.74) is 11.8. The van der Waals surface area contributed by atoms with E-state index in [0.717, 1.165) is 107 Å². The van der Waals surface area contributed by atoms with Crippen LogP contribution in [0.1, 0.15) is 104 Å². The molecule has 0 radical (unpaired) electrons. The molecular weight excluding hydrogens is 994 g/mol. The second-order valence-corrected chi connectivity index (χ2v) is 20.3. The smallest absolute Gasteiger partial charge is 0.389 e. The zero-order chi connectivity index (χ0) is 49.0. The number of carbonyl (C=O) groups is 2. The van der Waals surface area contributed by atoms with Gasteiger partial charge in [0.25, 0.3) is 11.1 Å². The molecule has 0 bridgehead atoms. The number of carbonyl (C=O) groups excluding carboxylic acids is 2. The Kier molecular flexibility index (Phi) is 14.9. The molecule has 0 fully saturated rings. The Bertz CT molecular complexity index is 3290. The highest BCUT2D eigenvalue weighted by molar-refractivity contribution is 7.23.